The van der Waals surface area contributed by atoms with Crippen LogP contribution in [-0.2, 0) is 0 Å². The largest absolute Gasteiger partial charge is 0.478 e. The highest BCUT2D eigenvalue weighted by atomic mass is 16.4. The lowest BCUT2D eigenvalue weighted by atomic mass is 10.0. The average Bonchev–Trinajstić information content (AvgIpc) is 2.20. The first-order valence-corrected chi connectivity index (χ1v) is 4.52. The van der Waals surface area contributed by atoms with Gasteiger partial charge in [-0.25, -0.2) is 4.79 Å². The number of carbonyl (C=O) groups is 1. The van der Waals surface area contributed by atoms with Gasteiger partial charge in [-0.15, -0.1) is 0 Å². The van der Waals surface area contributed by atoms with Crippen molar-refractivity contribution in [2.24, 2.45) is 0 Å². The Kier molecular flexibility index (Phi) is 3.64. The molecule has 1 aromatic rings. The molecule has 3 heteroatoms. The van der Waals surface area contributed by atoms with Crippen molar-refractivity contribution in [3.8, 4) is 6.07 Å². The molecule has 0 amide bonds. The highest BCUT2D eigenvalue weighted by Crippen LogP contribution is 2.13. The molecule has 0 aliphatic rings. The number of carboxylic acid groups (broad SMARTS) is 1. The number of aromatic carboxylic acids is 1. The number of nitriles is 1. The number of rotatable bonds is 3. The Morgan fingerprint density at radius 2 is 2.33 bits per heavy atom. The van der Waals surface area contributed by atoms with Gasteiger partial charge in [-0.1, -0.05) is 29.8 Å². The standard InChI is InChI=1S/C12H11NO2/c1-9-5-6-10(4-2-3-7-13)11(8-9)12(14)15/h2,4-6,8H,3H2,1H3,(H,14,15). The van der Waals surface area contributed by atoms with Crippen molar-refractivity contribution in [2.75, 3.05) is 0 Å². The van der Waals surface area contributed by atoms with Crippen LogP contribution in [0.1, 0.15) is 27.9 Å². The van der Waals surface area contributed by atoms with Crippen molar-refractivity contribution < 1.29 is 9.90 Å². The summed E-state index contributed by atoms with van der Waals surface area (Å²) in [6.07, 6.45) is 3.59. The minimum absolute atomic E-state index is 0.268. The molecule has 0 spiro atoms. The Morgan fingerprint density at radius 1 is 1.60 bits per heavy atom. The monoisotopic (exact) mass is 201 g/mol. The lowest BCUT2D eigenvalue weighted by Crippen LogP contribution is -1.99. The molecule has 76 valence electrons. The van der Waals surface area contributed by atoms with E-state index in [9.17, 15) is 4.79 Å². The number of benzene rings is 1. The second-order valence-corrected chi connectivity index (χ2v) is 3.16. The maximum absolute atomic E-state index is 10.9. The first kappa shape index (κ1) is 11.0. The van der Waals surface area contributed by atoms with E-state index in [1.54, 1.807) is 24.3 Å². The Labute approximate surface area is 88.3 Å². The molecule has 0 aliphatic carbocycles. The number of hydrogen-bond acceptors (Lipinski definition) is 2. The second-order valence-electron chi connectivity index (χ2n) is 3.16. The van der Waals surface area contributed by atoms with E-state index in [4.69, 9.17) is 10.4 Å². The minimum atomic E-state index is -0.949. The first-order valence-electron chi connectivity index (χ1n) is 4.52. The minimum Gasteiger partial charge on any atom is -0.478 e. The van der Waals surface area contributed by atoms with Crippen LogP contribution < -0.4 is 0 Å². The molecular weight excluding hydrogens is 190 g/mol. The van der Waals surface area contributed by atoms with Gasteiger partial charge in [-0.2, -0.15) is 5.26 Å². The van der Waals surface area contributed by atoms with Crippen molar-refractivity contribution >= 4 is 12.0 Å². The van der Waals surface area contributed by atoms with Crippen molar-refractivity contribution in [3.05, 3.63) is 41.0 Å². The zero-order chi connectivity index (χ0) is 11.3. The van der Waals surface area contributed by atoms with Gasteiger partial charge in [0.15, 0.2) is 0 Å². The van der Waals surface area contributed by atoms with Crippen LogP contribution in [0.4, 0.5) is 0 Å². The summed E-state index contributed by atoms with van der Waals surface area (Å²) >= 11 is 0. The van der Waals surface area contributed by atoms with E-state index < -0.39 is 5.97 Å². The summed E-state index contributed by atoms with van der Waals surface area (Å²) in [5, 5.41) is 17.3. The summed E-state index contributed by atoms with van der Waals surface area (Å²) in [7, 11) is 0. The third-order valence-electron chi connectivity index (χ3n) is 1.95. The van der Waals surface area contributed by atoms with E-state index in [0.717, 1.165) is 5.56 Å². The Balaban J connectivity index is 3.07. The topological polar surface area (TPSA) is 61.1 Å². The van der Waals surface area contributed by atoms with Crippen LogP contribution in [0.5, 0.6) is 0 Å². The zero-order valence-electron chi connectivity index (χ0n) is 8.40. The molecule has 15 heavy (non-hydrogen) atoms. The third kappa shape index (κ3) is 2.96. The summed E-state index contributed by atoms with van der Waals surface area (Å²) < 4.78 is 0. The van der Waals surface area contributed by atoms with E-state index in [0.29, 0.717) is 5.56 Å². The molecule has 0 saturated heterocycles. The van der Waals surface area contributed by atoms with Crippen molar-refractivity contribution in [2.45, 2.75) is 13.3 Å². The van der Waals surface area contributed by atoms with Gasteiger partial charge in [0.1, 0.15) is 0 Å². The van der Waals surface area contributed by atoms with E-state index in [1.807, 2.05) is 19.1 Å². The van der Waals surface area contributed by atoms with Crippen LogP contribution in [0.25, 0.3) is 6.08 Å². The first-order chi connectivity index (χ1) is 7.15. The maximum atomic E-state index is 10.9. The van der Waals surface area contributed by atoms with Crippen LogP contribution in [0.3, 0.4) is 0 Å². The number of hydrogen-bond donors (Lipinski definition) is 1. The van der Waals surface area contributed by atoms with Crippen molar-refractivity contribution in [1.29, 1.82) is 5.26 Å². The van der Waals surface area contributed by atoms with Gasteiger partial charge >= 0.3 is 5.97 Å². The van der Waals surface area contributed by atoms with E-state index in [2.05, 4.69) is 0 Å². The second kappa shape index (κ2) is 4.97. The summed E-state index contributed by atoms with van der Waals surface area (Å²) in [6, 6.07) is 7.17. The van der Waals surface area contributed by atoms with Gasteiger partial charge in [0.05, 0.1) is 18.1 Å². The molecule has 0 unspecified atom stereocenters. The molecule has 0 radical (unpaired) electrons. The molecule has 0 heterocycles. The van der Waals surface area contributed by atoms with Crippen molar-refractivity contribution in [3.63, 3.8) is 0 Å². The Morgan fingerprint density at radius 3 is 2.93 bits per heavy atom. The van der Waals surface area contributed by atoms with Gasteiger partial charge in [0, 0.05) is 0 Å². The fourth-order valence-corrected chi connectivity index (χ4v) is 1.24. The molecule has 0 fully saturated rings. The predicted molar refractivity (Wildman–Crippen MR) is 57.4 cm³/mol. The van der Waals surface area contributed by atoms with Crippen LogP contribution in [-0.4, -0.2) is 11.1 Å². The SMILES string of the molecule is Cc1ccc(C=CCC#N)c(C(=O)O)c1. The van der Waals surface area contributed by atoms with Gasteiger partial charge in [0.2, 0.25) is 0 Å². The molecule has 1 aromatic carbocycles. The van der Waals surface area contributed by atoms with Gasteiger partial charge in [-0.05, 0) is 18.6 Å². The molecule has 0 bridgehead atoms. The summed E-state index contributed by atoms with van der Waals surface area (Å²) in [5.74, 6) is -0.949. The summed E-state index contributed by atoms with van der Waals surface area (Å²) in [6.45, 7) is 1.84. The van der Waals surface area contributed by atoms with Crippen molar-refractivity contribution in [1.82, 2.24) is 0 Å². The number of aryl methyl sites for hydroxylation is 1. The maximum Gasteiger partial charge on any atom is 0.336 e. The third-order valence-corrected chi connectivity index (χ3v) is 1.95. The molecule has 0 aromatic heterocycles. The van der Waals surface area contributed by atoms with Gasteiger partial charge < -0.3 is 5.11 Å². The van der Waals surface area contributed by atoms with Crippen LogP contribution in [0.2, 0.25) is 0 Å². The smallest absolute Gasteiger partial charge is 0.336 e. The quantitative estimate of drug-likeness (QED) is 0.817. The number of carboxylic acids is 1. The number of nitrogens with zero attached hydrogens (tertiary/aromatic N) is 1. The van der Waals surface area contributed by atoms with Crippen LogP contribution in [0, 0.1) is 18.3 Å². The Hall–Kier alpha value is -2.08. The number of allylic oxidation sites excluding steroid dienone is 1. The summed E-state index contributed by atoms with van der Waals surface area (Å²) in [5.41, 5.74) is 1.80. The molecule has 1 N–H and O–H groups in total. The van der Waals surface area contributed by atoms with E-state index in [-0.39, 0.29) is 12.0 Å². The fourth-order valence-electron chi connectivity index (χ4n) is 1.24. The molecule has 1 rings (SSSR count). The average molecular weight is 201 g/mol. The fraction of sp³-hybridized carbons (Fsp3) is 0.167. The van der Waals surface area contributed by atoms with Gasteiger partial charge in [0.25, 0.3) is 0 Å². The Bertz CT molecular complexity index is 441. The molecule has 0 atom stereocenters. The van der Waals surface area contributed by atoms with E-state index >= 15 is 0 Å². The molecule has 3 nitrogen and oxygen atoms in total. The van der Waals surface area contributed by atoms with Crippen LogP contribution >= 0.6 is 0 Å². The molecule has 0 aliphatic heterocycles. The zero-order valence-corrected chi connectivity index (χ0v) is 8.40. The lowest BCUT2D eigenvalue weighted by molar-refractivity contribution is 0.0696. The summed E-state index contributed by atoms with van der Waals surface area (Å²) in [4.78, 5) is 10.9. The predicted octanol–water partition coefficient (Wildman–Crippen LogP) is 2.62. The molecular formula is C12H11NO2. The molecule has 0 saturated carbocycles. The van der Waals surface area contributed by atoms with Gasteiger partial charge in [-0.3, -0.25) is 0 Å². The van der Waals surface area contributed by atoms with Crippen LogP contribution in [0.15, 0.2) is 24.3 Å². The van der Waals surface area contributed by atoms with E-state index in [1.165, 1.54) is 0 Å². The highest BCUT2D eigenvalue weighted by Gasteiger charge is 2.07. The highest BCUT2D eigenvalue weighted by molar-refractivity contribution is 5.92. The normalized spacial score (nSPS) is 10.1. The lowest BCUT2D eigenvalue weighted by Gasteiger charge is -2.01.